The molecule has 0 spiro atoms. The summed E-state index contributed by atoms with van der Waals surface area (Å²) >= 11 is 4.50. The summed E-state index contributed by atoms with van der Waals surface area (Å²) < 4.78 is 0. The number of para-hydroxylation sites is 1. The van der Waals surface area contributed by atoms with Crippen LogP contribution >= 0.6 is 12.6 Å². The van der Waals surface area contributed by atoms with Crippen molar-refractivity contribution < 1.29 is 19.8 Å². The van der Waals surface area contributed by atoms with Crippen LogP contribution in [0.1, 0.15) is 0 Å². The topological polar surface area (TPSA) is 84.3 Å². The molecule has 1 fully saturated rings. The third kappa shape index (κ3) is 5.70. The zero-order valence-corrected chi connectivity index (χ0v) is 14.4. The monoisotopic (exact) mass is 353 g/mol. The van der Waals surface area contributed by atoms with Crippen molar-refractivity contribution in [3.63, 3.8) is 0 Å². The molecule has 1 heterocycles. The van der Waals surface area contributed by atoms with E-state index in [0.717, 1.165) is 10.6 Å². The number of carboxylic acids is 2. The Hall–Kier alpha value is -1.77. The van der Waals surface area contributed by atoms with Crippen LogP contribution in [0.25, 0.3) is 0 Å². The largest absolute Gasteiger partial charge is 0.480 e. The van der Waals surface area contributed by atoms with Gasteiger partial charge in [0, 0.05) is 44.2 Å². The molecule has 0 bridgehead atoms. The summed E-state index contributed by atoms with van der Waals surface area (Å²) in [4.78, 5) is 28.8. The molecular formula is C16H23N3O4S. The standard InChI is InChI=1S/C16H23N3O4S/c20-15(21)11-17-5-6-18(12-16(22)23)8-10-19(9-7-17)13-3-1-2-4-14(13)24/h1-4,24H,5-12H2,(H,20,21)(H,22,23). The van der Waals surface area contributed by atoms with Gasteiger partial charge in [0.25, 0.3) is 0 Å². The number of carboxylic acid groups (broad SMARTS) is 2. The Balaban J connectivity index is 2.15. The van der Waals surface area contributed by atoms with Crippen LogP contribution in [0.2, 0.25) is 0 Å². The van der Waals surface area contributed by atoms with Crippen molar-refractivity contribution in [2.45, 2.75) is 4.90 Å². The first-order valence-corrected chi connectivity index (χ1v) is 8.31. The smallest absolute Gasteiger partial charge is 0.317 e. The molecule has 0 atom stereocenters. The highest BCUT2D eigenvalue weighted by Crippen LogP contribution is 2.23. The minimum Gasteiger partial charge on any atom is -0.480 e. The van der Waals surface area contributed by atoms with Crippen molar-refractivity contribution in [3.05, 3.63) is 24.3 Å². The highest BCUT2D eigenvalue weighted by molar-refractivity contribution is 7.80. The average molecular weight is 353 g/mol. The maximum atomic E-state index is 11.0. The van der Waals surface area contributed by atoms with Crippen molar-refractivity contribution >= 4 is 30.3 Å². The van der Waals surface area contributed by atoms with E-state index in [0.29, 0.717) is 39.3 Å². The molecule has 0 aromatic heterocycles. The van der Waals surface area contributed by atoms with Crippen LogP contribution in [-0.2, 0) is 9.59 Å². The van der Waals surface area contributed by atoms with Crippen LogP contribution in [0, 0.1) is 0 Å². The van der Waals surface area contributed by atoms with E-state index in [1.165, 1.54) is 0 Å². The molecule has 0 unspecified atom stereocenters. The number of hydrogen-bond acceptors (Lipinski definition) is 6. The summed E-state index contributed by atoms with van der Waals surface area (Å²) in [5.41, 5.74) is 0.980. The van der Waals surface area contributed by atoms with Crippen molar-refractivity contribution in [2.24, 2.45) is 0 Å². The number of rotatable bonds is 5. The van der Waals surface area contributed by atoms with Crippen molar-refractivity contribution in [1.82, 2.24) is 9.80 Å². The Bertz CT molecular complexity index is 556. The lowest BCUT2D eigenvalue weighted by atomic mass is 10.2. The Labute approximate surface area is 146 Å². The van der Waals surface area contributed by atoms with Gasteiger partial charge in [-0.2, -0.15) is 0 Å². The highest BCUT2D eigenvalue weighted by atomic mass is 32.1. The zero-order chi connectivity index (χ0) is 17.5. The molecule has 1 aliphatic heterocycles. The molecule has 1 saturated heterocycles. The molecule has 132 valence electrons. The number of carbonyl (C=O) groups is 2. The first kappa shape index (κ1) is 18.6. The minimum absolute atomic E-state index is 0.0444. The Kier molecular flexibility index (Phi) is 6.89. The fourth-order valence-corrected chi connectivity index (χ4v) is 3.12. The van der Waals surface area contributed by atoms with Crippen molar-refractivity contribution in [1.29, 1.82) is 0 Å². The van der Waals surface area contributed by atoms with Crippen molar-refractivity contribution in [3.8, 4) is 0 Å². The van der Waals surface area contributed by atoms with Gasteiger partial charge >= 0.3 is 11.9 Å². The van der Waals surface area contributed by atoms with Gasteiger partial charge in [0.05, 0.1) is 18.8 Å². The molecule has 1 aromatic rings. The summed E-state index contributed by atoms with van der Waals surface area (Å²) in [6.07, 6.45) is 0. The third-order valence-corrected chi connectivity index (χ3v) is 4.42. The van der Waals surface area contributed by atoms with Gasteiger partial charge in [0.1, 0.15) is 0 Å². The van der Waals surface area contributed by atoms with Crippen LogP contribution in [0.15, 0.2) is 29.2 Å². The lowest BCUT2D eigenvalue weighted by molar-refractivity contribution is -0.140. The van der Waals surface area contributed by atoms with Gasteiger partial charge in [-0.05, 0) is 12.1 Å². The molecule has 0 aliphatic carbocycles. The predicted octanol–water partition coefficient (Wildman–Crippen LogP) is 0.569. The molecule has 0 radical (unpaired) electrons. The van der Waals surface area contributed by atoms with E-state index in [1.807, 2.05) is 34.1 Å². The number of nitrogens with zero attached hydrogens (tertiary/aromatic N) is 3. The molecule has 2 N–H and O–H groups in total. The summed E-state index contributed by atoms with van der Waals surface area (Å²) in [6, 6.07) is 7.74. The average Bonchev–Trinajstić information content (AvgIpc) is 2.59. The van der Waals surface area contributed by atoms with Gasteiger partial charge in [-0.15, -0.1) is 12.6 Å². The van der Waals surface area contributed by atoms with E-state index >= 15 is 0 Å². The maximum Gasteiger partial charge on any atom is 0.317 e. The predicted molar refractivity (Wildman–Crippen MR) is 94.1 cm³/mol. The molecule has 24 heavy (non-hydrogen) atoms. The molecular weight excluding hydrogens is 330 g/mol. The zero-order valence-electron chi connectivity index (χ0n) is 13.5. The van der Waals surface area contributed by atoms with Crippen LogP contribution in [0.5, 0.6) is 0 Å². The van der Waals surface area contributed by atoms with E-state index < -0.39 is 11.9 Å². The second-order valence-corrected chi connectivity index (χ2v) is 6.30. The Morgan fingerprint density at radius 1 is 0.875 bits per heavy atom. The molecule has 0 saturated carbocycles. The summed E-state index contributed by atoms with van der Waals surface area (Å²) in [5, 5.41) is 18.1. The van der Waals surface area contributed by atoms with Crippen molar-refractivity contribution in [2.75, 3.05) is 57.3 Å². The second-order valence-electron chi connectivity index (χ2n) is 5.82. The van der Waals surface area contributed by atoms with E-state index in [2.05, 4.69) is 17.5 Å². The molecule has 2 rings (SSSR count). The molecule has 1 aliphatic rings. The Morgan fingerprint density at radius 2 is 1.33 bits per heavy atom. The van der Waals surface area contributed by atoms with Gasteiger partial charge in [0.2, 0.25) is 0 Å². The minimum atomic E-state index is -0.875. The van der Waals surface area contributed by atoms with Crippen LogP contribution in [0.4, 0.5) is 5.69 Å². The first-order valence-electron chi connectivity index (χ1n) is 7.87. The van der Waals surface area contributed by atoms with Crippen LogP contribution < -0.4 is 4.90 Å². The SMILES string of the molecule is O=C(O)CN1CCN(CC(=O)O)CCN(c2ccccc2S)CC1. The molecule has 8 heteroatoms. The molecule has 0 amide bonds. The lowest BCUT2D eigenvalue weighted by Gasteiger charge is -2.28. The van der Waals surface area contributed by atoms with E-state index in [9.17, 15) is 9.59 Å². The highest BCUT2D eigenvalue weighted by Gasteiger charge is 2.20. The summed E-state index contributed by atoms with van der Waals surface area (Å²) in [5.74, 6) is -1.75. The van der Waals surface area contributed by atoms with Crippen LogP contribution in [0.3, 0.4) is 0 Å². The van der Waals surface area contributed by atoms with E-state index in [4.69, 9.17) is 10.2 Å². The molecule has 1 aromatic carbocycles. The number of aliphatic carboxylic acids is 2. The fourth-order valence-electron chi connectivity index (χ4n) is 2.81. The fraction of sp³-hybridized carbons (Fsp3) is 0.500. The third-order valence-electron chi connectivity index (χ3n) is 4.04. The van der Waals surface area contributed by atoms with Gasteiger partial charge < -0.3 is 15.1 Å². The number of hydrogen-bond donors (Lipinski definition) is 3. The molecule has 7 nitrogen and oxygen atoms in total. The van der Waals surface area contributed by atoms with E-state index in [1.54, 1.807) is 0 Å². The van der Waals surface area contributed by atoms with Gasteiger partial charge in [0.15, 0.2) is 0 Å². The number of anilines is 1. The first-order chi connectivity index (χ1) is 11.5. The van der Waals surface area contributed by atoms with Gasteiger partial charge in [-0.25, -0.2) is 0 Å². The lowest BCUT2D eigenvalue weighted by Crippen LogP contribution is -2.40. The normalized spacial score (nSPS) is 17.8. The van der Waals surface area contributed by atoms with Gasteiger partial charge in [-0.1, -0.05) is 12.1 Å². The summed E-state index contributed by atoms with van der Waals surface area (Å²) in [6.45, 7) is 3.54. The van der Waals surface area contributed by atoms with E-state index in [-0.39, 0.29) is 13.1 Å². The van der Waals surface area contributed by atoms with Crippen LogP contribution in [-0.4, -0.2) is 84.3 Å². The maximum absolute atomic E-state index is 11.0. The summed E-state index contributed by atoms with van der Waals surface area (Å²) in [7, 11) is 0. The van der Waals surface area contributed by atoms with Gasteiger partial charge in [-0.3, -0.25) is 19.4 Å². The Morgan fingerprint density at radius 3 is 1.79 bits per heavy atom. The quantitative estimate of drug-likeness (QED) is 0.668. The number of benzene rings is 1. The second kappa shape index (κ2) is 8.91. The number of thiol groups is 1.